The molecule has 2 aliphatic rings. The molecule has 2 fully saturated rings. The monoisotopic (exact) mass is 515 g/mol. The topological polar surface area (TPSA) is 133 Å². The van der Waals surface area contributed by atoms with Gasteiger partial charge in [0.2, 0.25) is 11.8 Å². The molecule has 2 heterocycles. The van der Waals surface area contributed by atoms with E-state index < -0.39 is 41.5 Å². The van der Waals surface area contributed by atoms with Gasteiger partial charge in [-0.05, 0) is 25.5 Å². The zero-order valence-corrected chi connectivity index (χ0v) is 20.2. The summed E-state index contributed by atoms with van der Waals surface area (Å²) in [7, 11) is 2.70. The maximum absolute atomic E-state index is 12.9. The van der Waals surface area contributed by atoms with Crippen molar-refractivity contribution in [3.8, 4) is 0 Å². The second-order valence-electron chi connectivity index (χ2n) is 8.32. The van der Waals surface area contributed by atoms with E-state index in [0.717, 1.165) is 4.90 Å². The third kappa shape index (κ3) is 5.35. The van der Waals surface area contributed by atoms with Crippen LogP contribution in [0, 0.1) is 11.8 Å². The van der Waals surface area contributed by atoms with E-state index in [2.05, 4.69) is 5.32 Å². The molecule has 0 aromatic heterocycles. The minimum absolute atomic E-state index is 0.163. The van der Waals surface area contributed by atoms with E-state index in [0.29, 0.717) is 18.5 Å². The summed E-state index contributed by atoms with van der Waals surface area (Å²) in [5, 5.41) is 10.3. The van der Waals surface area contributed by atoms with Crippen LogP contribution in [0.1, 0.15) is 30.6 Å². The Kier molecular flexibility index (Phi) is 8.84. The van der Waals surface area contributed by atoms with Gasteiger partial charge in [0.1, 0.15) is 5.54 Å². The van der Waals surface area contributed by atoms with Crippen molar-refractivity contribution in [2.45, 2.75) is 38.0 Å². The number of nitrogens with zero attached hydrogens (tertiary/aromatic N) is 2. The molecule has 4 atom stereocenters. The Morgan fingerprint density at radius 3 is 2.14 bits per heavy atom. The fourth-order valence-electron chi connectivity index (χ4n) is 4.62. The van der Waals surface area contributed by atoms with Gasteiger partial charge >= 0.3 is 18.1 Å². The first kappa shape index (κ1) is 28.8. The summed E-state index contributed by atoms with van der Waals surface area (Å²) < 4.78 is 36.7. The van der Waals surface area contributed by atoms with Crippen LogP contribution in [0.5, 0.6) is 0 Å². The molecule has 0 saturated carbocycles. The molecule has 0 unspecified atom stereocenters. The summed E-state index contributed by atoms with van der Waals surface area (Å²) in [5.41, 5.74) is -0.735. The second-order valence-corrected chi connectivity index (χ2v) is 8.32. The van der Waals surface area contributed by atoms with Crippen molar-refractivity contribution in [3.05, 3.63) is 35.9 Å². The maximum Gasteiger partial charge on any atom is 0.490 e. The number of alkyl halides is 3. The lowest BCUT2D eigenvalue weighted by molar-refractivity contribution is -0.192. The number of ether oxygens (including phenoxy) is 1. The van der Waals surface area contributed by atoms with Crippen molar-refractivity contribution >= 4 is 29.7 Å². The van der Waals surface area contributed by atoms with Gasteiger partial charge in [-0.15, -0.1) is 0 Å². The van der Waals surface area contributed by atoms with Crippen LogP contribution in [0.15, 0.2) is 30.3 Å². The highest BCUT2D eigenvalue weighted by Gasteiger charge is 2.67. The summed E-state index contributed by atoms with van der Waals surface area (Å²) in [6.07, 6.45) is -4.79. The number of methoxy groups -OCH3 is 1. The number of halogens is 3. The lowest BCUT2D eigenvalue weighted by atomic mass is 9.78. The summed E-state index contributed by atoms with van der Waals surface area (Å²) in [5.74, 6) is -5.76. The Hall–Kier alpha value is -3.48. The number of imide groups is 1. The quantitative estimate of drug-likeness (QED) is 0.428. The first-order chi connectivity index (χ1) is 16.8. The number of rotatable bonds is 6. The smallest absolute Gasteiger partial charge is 0.475 e. The molecule has 2 aliphatic heterocycles. The first-order valence-electron chi connectivity index (χ1n) is 11.1. The summed E-state index contributed by atoms with van der Waals surface area (Å²) in [6, 6.07) is 8.35. The number of hydrogen-bond donors (Lipinski definition) is 2. The number of benzene rings is 1. The van der Waals surface area contributed by atoms with Gasteiger partial charge in [0.05, 0.1) is 18.9 Å². The van der Waals surface area contributed by atoms with Crippen molar-refractivity contribution < 1.29 is 47.0 Å². The van der Waals surface area contributed by atoms with Crippen LogP contribution in [0.3, 0.4) is 0 Å². The number of nitrogens with one attached hydrogen (secondary N) is 1. The second kappa shape index (κ2) is 11.1. The molecule has 1 aromatic rings. The Labute approximate surface area is 205 Å². The summed E-state index contributed by atoms with van der Waals surface area (Å²) in [4.78, 5) is 62.9. The highest BCUT2D eigenvalue weighted by molar-refractivity contribution is 6.09. The third-order valence-electron chi connectivity index (χ3n) is 6.44. The van der Waals surface area contributed by atoms with Crippen molar-refractivity contribution in [1.82, 2.24) is 15.1 Å². The van der Waals surface area contributed by atoms with Crippen LogP contribution < -0.4 is 5.32 Å². The van der Waals surface area contributed by atoms with Crippen molar-refractivity contribution in [2.24, 2.45) is 11.8 Å². The minimum atomic E-state index is -5.08. The number of likely N-dealkylation sites (N-methyl/N-ethyl adjacent to an activating group) is 1. The minimum Gasteiger partial charge on any atom is -0.475 e. The summed E-state index contributed by atoms with van der Waals surface area (Å²) >= 11 is 0. The number of carboxylic acids is 1. The van der Waals surface area contributed by atoms with Gasteiger partial charge < -0.3 is 14.7 Å². The predicted molar refractivity (Wildman–Crippen MR) is 118 cm³/mol. The molecule has 0 radical (unpaired) electrons. The van der Waals surface area contributed by atoms with Gasteiger partial charge in [0.25, 0.3) is 5.91 Å². The first-order valence-corrected chi connectivity index (χ1v) is 11.1. The van der Waals surface area contributed by atoms with E-state index in [-0.39, 0.29) is 24.3 Å². The number of carboxylic acid groups (broad SMARTS) is 1. The van der Waals surface area contributed by atoms with E-state index in [1.54, 1.807) is 36.1 Å². The van der Waals surface area contributed by atoms with Gasteiger partial charge in [-0.1, -0.05) is 25.1 Å². The number of carbonyl (C=O) groups excluding carboxylic acids is 4. The zero-order chi connectivity index (χ0) is 27.4. The highest BCUT2D eigenvalue weighted by atomic mass is 19.4. The van der Waals surface area contributed by atoms with Crippen LogP contribution in [-0.2, 0) is 23.9 Å². The van der Waals surface area contributed by atoms with Crippen LogP contribution in [0.2, 0.25) is 0 Å². The summed E-state index contributed by atoms with van der Waals surface area (Å²) in [6.45, 7) is 4.27. The average Bonchev–Trinajstić information content (AvgIpc) is 3.30. The van der Waals surface area contributed by atoms with Gasteiger partial charge in [-0.25, -0.2) is 4.79 Å². The van der Waals surface area contributed by atoms with E-state index in [9.17, 15) is 32.3 Å². The van der Waals surface area contributed by atoms with Gasteiger partial charge in [-0.3, -0.25) is 29.4 Å². The molecule has 198 valence electrons. The Morgan fingerprint density at radius 1 is 1.14 bits per heavy atom. The molecule has 0 bridgehead atoms. The zero-order valence-electron chi connectivity index (χ0n) is 20.2. The van der Waals surface area contributed by atoms with Gasteiger partial charge in [0.15, 0.2) is 0 Å². The molecule has 3 amide bonds. The van der Waals surface area contributed by atoms with E-state index in [1.807, 2.05) is 13.0 Å². The molecule has 13 heteroatoms. The molecule has 0 spiro atoms. The maximum atomic E-state index is 12.9. The molecule has 2 saturated heterocycles. The number of aliphatic carboxylic acids is 1. The Bertz CT molecular complexity index is 1020. The number of likely N-dealkylation sites (tertiary alicyclic amines) is 1. The lowest BCUT2D eigenvalue weighted by Crippen LogP contribution is -2.58. The number of amides is 3. The number of hydrogen-bond acceptors (Lipinski definition) is 7. The van der Waals surface area contributed by atoms with E-state index in [4.69, 9.17) is 14.6 Å². The van der Waals surface area contributed by atoms with Gasteiger partial charge in [-0.2, -0.15) is 13.2 Å². The molecule has 0 aliphatic carbocycles. The Morgan fingerprint density at radius 2 is 1.69 bits per heavy atom. The van der Waals surface area contributed by atoms with Gasteiger partial charge in [0, 0.05) is 31.7 Å². The largest absolute Gasteiger partial charge is 0.490 e. The van der Waals surface area contributed by atoms with Crippen LogP contribution >= 0.6 is 0 Å². The predicted octanol–water partition coefficient (Wildman–Crippen LogP) is 1.31. The fraction of sp³-hybridized carbons (Fsp3) is 0.522. The molecule has 2 N–H and O–H groups in total. The molecule has 3 rings (SSSR count). The number of carbonyl (C=O) groups is 5. The van der Waals surface area contributed by atoms with Crippen molar-refractivity contribution in [3.63, 3.8) is 0 Å². The van der Waals surface area contributed by atoms with Crippen LogP contribution in [0.4, 0.5) is 13.2 Å². The Balaban J connectivity index is 0.000000572. The molecule has 10 nitrogen and oxygen atoms in total. The van der Waals surface area contributed by atoms with Crippen LogP contribution in [0.25, 0.3) is 0 Å². The molecule has 1 aromatic carbocycles. The standard InChI is InChI=1S/C21H27N3O5.C2HF3O2/c1-5-21(20(28)29-4)16-15(18(26)23(3)19(16)27)14(22-21)12-24(6-2)17(25)13-10-8-7-9-11-13;3-2(4,5)1(6)7/h7-11,14-16,22H,5-6,12H2,1-4H3;(H,6,7)/t14-,15+,16-,21-;/m1./s1. The van der Waals surface area contributed by atoms with E-state index in [1.165, 1.54) is 14.2 Å². The molecular formula is C23H28F3N3O7. The van der Waals surface area contributed by atoms with E-state index >= 15 is 0 Å². The normalized spacial score (nSPS) is 25.1. The third-order valence-corrected chi connectivity index (χ3v) is 6.44. The number of esters is 1. The molecule has 36 heavy (non-hydrogen) atoms. The van der Waals surface area contributed by atoms with Crippen molar-refractivity contribution in [1.29, 1.82) is 0 Å². The average molecular weight is 515 g/mol. The lowest BCUT2D eigenvalue weighted by Gasteiger charge is -2.32. The molecular weight excluding hydrogens is 487 g/mol. The SMILES string of the molecule is CCN(C[C@H]1N[C@@](CC)(C(=O)OC)[C@H]2C(=O)N(C)C(=O)[C@@H]12)C(=O)c1ccccc1.O=C(O)C(F)(F)F. The van der Waals surface area contributed by atoms with Crippen LogP contribution in [-0.4, -0.2) is 89.6 Å². The number of fused-ring (bicyclic) bond motifs is 1. The fourth-order valence-corrected chi connectivity index (χ4v) is 4.62. The van der Waals surface area contributed by atoms with Crippen molar-refractivity contribution in [2.75, 3.05) is 27.2 Å². The highest BCUT2D eigenvalue weighted by Crippen LogP contribution is 2.44.